The number of amides is 1. The van der Waals surface area contributed by atoms with Crippen molar-refractivity contribution < 1.29 is 14.3 Å². The van der Waals surface area contributed by atoms with Gasteiger partial charge in [0.1, 0.15) is 0 Å². The summed E-state index contributed by atoms with van der Waals surface area (Å²) in [7, 11) is 3.19. The van der Waals surface area contributed by atoms with Crippen LogP contribution in [0.2, 0.25) is 10.0 Å². The van der Waals surface area contributed by atoms with E-state index < -0.39 is 0 Å². The maximum absolute atomic E-state index is 12.1. The first-order valence-electron chi connectivity index (χ1n) is 7.95. The molecule has 1 amide bonds. The molecule has 0 radical (unpaired) electrons. The first-order chi connectivity index (χ1) is 12.4. The summed E-state index contributed by atoms with van der Waals surface area (Å²) in [6.45, 7) is 1.22. The highest BCUT2D eigenvalue weighted by Gasteiger charge is 2.09. The molecule has 0 aromatic heterocycles. The quantitative estimate of drug-likeness (QED) is 0.729. The standard InChI is InChI=1S/C19H20Cl2N2O3/c1-23(11-14-5-8-16(20)17(21)9-14)12-18(24)22-10-13-3-6-15(7-4-13)19(25)26-2/h3-9H,10-12H2,1-2H3,(H,22,24). The van der Waals surface area contributed by atoms with Crippen molar-refractivity contribution in [1.82, 2.24) is 10.2 Å². The molecule has 2 rings (SSSR count). The SMILES string of the molecule is COC(=O)c1ccc(CNC(=O)CN(C)Cc2ccc(Cl)c(Cl)c2)cc1. The number of esters is 1. The van der Waals surface area contributed by atoms with Gasteiger partial charge in [0.2, 0.25) is 5.91 Å². The number of likely N-dealkylation sites (N-methyl/N-ethyl adjacent to an activating group) is 1. The molecule has 0 fully saturated rings. The molecule has 0 unspecified atom stereocenters. The van der Waals surface area contributed by atoms with Crippen LogP contribution in [0.3, 0.4) is 0 Å². The van der Waals surface area contributed by atoms with E-state index in [1.165, 1.54) is 7.11 Å². The number of nitrogens with zero attached hydrogens (tertiary/aromatic N) is 1. The number of carbonyl (C=O) groups excluding carboxylic acids is 2. The summed E-state index contributed by atoms with van der Waals surface area (Å²) in [5, 5.41) is 3.86. The second-order valence-corrected chi connectivity index (χ2v) is 6.70. The maximum Gasteiger partial charge on any atom is 0.337 e. The molecule has 1 N–H and O–H groups in total. The van der Waals surface area contributed by atoms with E-state index in [0.717, 1.165) is 11.1 Å². The van der Waals surface area contributed by atoms with Crippen LogP contribution in [0, 0.1) is 0 Å². The molecule has 0 saturated carbocycles. The number of halogens is 2. The highest BCUT2D eigenvalue weighted by Crippen LogP contribution is 2.23. The molecule has 2 aromatic rings. The zero-order valence-corrected chi connectivity index (χ0v) is 16.1. The highest BCUT2D eigenvalue weighted by molar-refractivity contribution is 6.42. The monoisotopic (exact) mass is 394 g/mol. The summed E-state index contributed by atoms with van der Waals surface area (Å²) >= 11 is 11.9. The highest BCUT2D eigenvalue weighted by atomic mass is 35.5. The van der Waals surface area contributed by atoms with Crippen molar-refractivity contribution in [3.8, 4) is 0 Å². The molecule has 0 aliphatic heterocycles. The number of methoxy groups -OCH3 is 1. The third-order valence-electron chi connectivity index (χ3n) is 3.71. The van der Waals surface area contributed by atoms with Gasteiger partial charge in [0, 0.05) is 13.1 Å². The smallest absolute Gasteiger partial charge is 0.337 e. The van der Waals surface area contributed by atoms with Gasteiger partial charge in [-0.25, -0.2) is 4.79 Å². The predicted molar refractivity (Wildman–Crippen MR) is 102 cm³/mol. The Balaban J connectivity index is 1.80. The first kappa shape index (κ1) is 20.2. The Bertz CT molecular complexity index is 779. The molecule has 5 nitrogen and oxygen atoms in total. The lowest BCUT2D eigenvalue weighted by Crippen LogP contribution is -2.34. The first-order valence-corrected chi connectivity index (χ1v) is 8.71. The summed E-state index contributed by atoms with van der Waals surface area (Å²) in [6, 6.07) is 12.3. The fraction of sp³-hybridized carbons (Fsp3) is 0.263. The minimum absolute atomic E-state index is 0.0930. The van der Waals surface area contributed by atoms with E-state index in [9.17, 15) is 9.59 Å². The van der Waals surface area contributed by atoms with Gasteiger partial charge in [-0.2, -0.15) is 0 Å². The van der Waals surface area contributed by atoms with Crippen LogP contribution >= 0.6 is 23.2 Å². The number of hydrogen-bond acceptors (Lipinski definition) is 4. The summed E-state index contributed by atoms with van der Waals surface area (Å²) in [4.78, 5) is 25.4. The average Bonchev–Trinajstić information content (AvgIpc) is 2.62. The van der Waals surface area contributed by atoms with Crippen molar-refractivity contribution in [2.75, 3.05) is 20.7 Å². The minimum atomic E-state index is -0.385. The van der Waals surface area contributed by atoms with Crippen molar-refractivity contribution in [3.05, 3.63) is 69.2 Å². The van der Waals surface area contributed by atoms with E-state index >= 15 is 0 Å². The molecule has 0 aliphatic rings. The zero-order valence-electron chi connectivity index (χ0n) is 14.6. The lowest BCUT2D eigenvalue weighted by atomic mass is 10.1. The normalized spacial score (nSPS) is 10.7. The van der Waals surface area contributed by atoms with Crippen LogP contribution < -0.4 is 5.32 Å². The molecule has 0 heterocycles. The zero-order chi connectivity index (χ0) is 19.1. The van der Waals surface area contributed by atoms with Gasteiger partial charge in [0.15, 0.2) is 0 Å². The Kier molecular flexibility index (Phi) is 7.45. The average molecular weight is 395 g/mol. The van der Waals surface area contributed by atoms with E-state index in [-0.39, 0.29) is 18.4 Å². The van der Waals surface area contributed by atoms with Crippen molar-refractivity contribution in [2.24, 2.45) is 0 Å². The minimum Gasteiger partial charge on any atom is -0.465 e. The number of hydrogen-bond donors (Lipinski definition) is 1. The van der Waals surface area contributed by atoms with Crippen LogP contribution in [0.5, 0.6) is 0 Å². The van der Waals surface area contributed by atoms with Crippen molar-refractivity contribution >= 4 is 35.1 Å². The number of nitrogens with one attached hydrogen (secondary N) is 1. The Morgan fingerprint density at radius 3 is 2.31 bits per heavy atom. The maximum atomic E-state index is 12.1. The van der Waals surface area contributed by atoms with Crippen LogP contribution in [0.15, 0.2) is 42.5 Å². The Morgan fingerprint density at radius 1 is 1.04 bits per heavy atom. The van der Waals surface area contributed by atoms with E-state index in [2.05, 4.69) is 10.1 Å². The van der Waals surface area contributed by atoms with Gasteiger partial charge >= 0.3 is 5.97 Å². The molecule has 0 saturated heterocycles. The van der Waals surface area contributed by atoms with E-state index in [1.807, 2.05) is 18.0 Å². The molecular formula is C19H20Cl2N2O3. The number of ether oxygens (including phenoxy) is 1. The molecule has 7 heteroatoms. The van der Waals surface area contributed by atoms with Gasteiger partial charge in [-0.3, -0.25) is 9.69 Å². The molecule has 0 spiro atoms. The predicted octanol–water partition coefficient (Wildman–Crippen LogP) is 3.53. The molecule has 138 valence electrons. The third-order valence-corrected chi connectivity index (χ3v) is 4.45. The summed E-state index contributed by atoms with van der Waals surface area (Å²) < 4.78 is 4.65. The second-order valence-electron chi connectivity index (χ2n) is 5.89. The summed E-state index contributed by atoms with van der Waals surface area (Å²) in [5.74, 6) is -0.478. The van der Waals surface area contributed by atoms with E-state index in [4.69, 9.17) is 23.2 Å². The Labute approximate surface area is 162 Å². The number of benzene rings is 2. The summed E-state index contributed by atoms with van der Waals surface area (Å²) in [6.07, 6.45) is 0. The van der Waals surface area contributed by atoms with Crippen LogP contribution in [0.25, 0.3) is 0 Å². The van der Waals surface area contributed by atoms with Gasteiger partial charge in [-0.05, 0) is 42.4 Å². The van der Waals surface area contributed by atoms with Crippen LogP contribution in [0.4, 0.5) is 0 Å². The van der Waals surface area contributed by atoms with Crippen molar-refractivity contribution in [1.29, 1.82) is 0 Å². The Morgan fingerprint density at radius 2 is 1.69 bits per heavy atom. The fourth-order valence-electron chi connectivity index (χ4n) is 2.38. The van der Waals surface area contributed by atoms with Gasteiger partial charge < -0.3 is 10.1 Å². The summed E-state index contributed by atoms with van der Waals surface area (Å²) in [5.41, 5.74) is 2.36. The van der Waals surface area contributed by atoms with Gasteiger partial charge in [0.25, 0.3) is 0 Å². The van der Waals surface area contributed by atoms with E-state index in [0.29, 0.717) is 28.7 Å². The van der Waals surface area contributed by atoms with Crippen LogP contribution in [-0.2, 0) is 22.6 Å². The van der Waals surface area contributed by atoms with Gasteiger partial charge in [0.05, 0.1) is 29.3 Å². The Hall–Kier alpha value is -2.08. The molecule has 0 atom stereocenters. The number of carbonyl (C=O) groups is 2. The van der Waals surface area contributed by atoms with Crippen molar-refractivity contribution in [3.63, 3.8) is 0 Å². The van der Waals surface area contributed by atoms with Gasteiger partial charge in [-0.1, -0.05) is 41.4 Å². The molecule has 26 heavy (non-hydrogen) atoms. The fourth-order valence-corrected chi connectivity index (χ4v) is 2.70. The van der Waals surface area contributed by atoms with Gasteiger partial charge in [-0.15, -0.1) is 0 Å². The van der Waals surface area contributed by atoms with E-state index in [1.54, 1.807) is 36.4 Å². The second kappa shape index (κ2) is 9.57. The number of rotatable bonds is 7. The third kappa shape index (κ3) is 6.02. The largest absolute Gasteiger partial charge is 0.465 e. The molecule has 0 bridgehead atoms. The van der Waals surface area contributed by atoms with Crippen LogP contribution in [-0.4, -0.2) is 37.5 Å². The molecule has 0 aliphatic carbocycles. The van der Waals surface area contributed by atoms with Crippen LogP contribution in [0.1, 0.15) is 21.5 Å². The lowest BCUT2D eigenvalue weighted by molar-refractivity contribution is -0.122. The molecule has 2 aromatic carbocycles. The van der Waals surface area contributed by atoms with Crippen molar-refractivity contribution in [2.45, 2.75) is 13.1 Å². The molecular weight excluding hydrogens is 375 g/mol. The lowest BCUT2D eigenvalue weighted by Gasteiger charge is -2.16. The topological polar surface area (TPSA) is 58.6 Å².